The van der Waals surface area contributed by atoms with E-state index in [0.717, 1.165) is 17.1 Å². The third kappa shape index (κ3) is 3.90. The molecule has 0 aliphatic rings. The molecule has 0 amide bonds. The van der Waals surface area contributed by atoms with Gasteiger partial charge in [-0.15, -0.1) is 0 Å². The average Bonchev–Trinajstić information content (AvgIpc) is 3.09. The van der Waals surface area contributed by atoms with E-state index in [9.17, 15) is 8.42 Å². The highest BCUT2D eigenvalue weighted by atomic mass is 35.5. The Morgan fingerprint density at radius 3 is 2.38 bits per heavy atom. The van der Waals surface area contributed by atoms with E-state index < -0.39 is 10.0 Å². The molecule has 2 aromatic carbocycles. The predicted molar refractivity (Wildman–Crippen MR) is 101 cm³/mol. The minimum absolute atomic E-state index is 0.00488. The van der Waals surface area contributed by atoms with E-state index in [-0.39, 0.29) is 10.8 Å². The number of anilines is 1. The van der Waals surface area contributed by atoms with Crippen molar-refractivity contribution >= 4 is 39.1 Å². The third-order valence-electron chi connectivity index (χ3n) is 3.41. The Balaban J connectivity index is 1.85. The standard InChI is InChI=1S/C16H14ClN3O4S2/c1-23-13-8-7-12(9-14(13)24-2)26(21,22)20-16-18-15(25-19-16)10-3-5-11(17)6-4-10/h3-9H,1-2H3,(H,19,20). The van der Waals surface area contributed by atoms with Crippen LogP contribution in [-0.2, 0) is 10.0 Å². The van der Waals surface area contributed by atoms with E-state index in [1.54, 1.807) is 24.3 Å². The molecule has 1 heterocycles. The maximum absolute atomic E-state index is 12.6. The normalized spacial score (nSPS) is 11.2. The van der Waals surface area contributed by atoms with Gasteiger partial charge in [-0.2, -0.15) is 9.36 Å². The molecule has 0 aliphatic carbocycles. The van der Waals surface area contributed by atoms with E-state index in [4.69, 9.17) is 21.1 Å². The summed E-state index contributed by atoms with van der Waals surface area (Å²) in [4.78, 5) is 4.23. The molecular weight excluding hydrogens is 398 g/mol. The highest BCUT2D eigenvalue weighted by Gasteiger charge is 2.19. The third-order valence-corrected chi connectivity index (χ3v) is 5.75. The van der Waals surface area contributed by atoms with Crippen molar-refractivity contribution in [3.63, 3.8) is 0 Å². The average molecular weight is 412 g/mol. The Labute approximate surface area is 159 Å². The summed E-state index contributed by atoms with van der Waals surface area (Å²) >= 11 is 6.94. The van der Waals surface area contributed by atoms with Crippen molar-refractivity contribution < 1.29 is 17.9 Å². The van der Waals surface area contributed by atoms with E-state index in [2.05, 4.69) is 14.1 Å². The summed E-state index contributed by atoms with van der Waals surface area (Å²) in [6.07, 6.45) is 0. The lowest BCUT2D eigenvalue weighted by atomic mass is 10.2. The molecule has 1 N–H and O–H groups in total. The van der Waals surface area contributed by atoms with Crippen LogP contribution in [0.1, 0.15) is 0 Å². The number of aromatic nitrogens is 2. The van der Waals surface area contributed by atoms with Gasteiger partial charge in [0.25, 0.3) is 10.0 Å². The molecule has 0 unspecified atom stereocenters. The zero-order chi connectivity index (χ0) is 18.7. The number of hydrogen-bond acceptors (Lipinski definition) is 7. The molecule has 0 spiro atoms. The van der Waals surface area contributed by atoms with Gasteiger partial charge in [-0.25, -0.2) is 13.1 Å². The highest BCUT2D eigenvalue weighted by Crippen LogP contribution is 2.30. The number of ether oxygens (including phenoxy) is 2. The van der Waals surface area contributed by atoms with Crippen molar-refractivity contribution in [2.75, 3.05) is 18.9 Å². The second-order valence-electron chi connectivity index (χ2n) is 5.05. The molecule has 3 aromatic rings. The van der Waals surface area contributed by atoms with Gasteiger partial charge < -0.3 is 9.47 Å². The van der Waals surface area contributed by atoms with Crippen LogP contribution in [-0.4, -0.2) is 32.0 Å². The summed E-state index contributed by atoms with van der Waals surface area (Å²) in [5.41, 5.74) is 0.795. The SMILES string of the molecule is COc1ccc(S(=O)(=O)Nc2nsc(-c3ccc(Cl)cc3)n2)cc1OC. The maximum atomic E-state index is 12.6. The second kappa shape index (κ2) is 7.48. The Morgan fingerprint density at radius 1 is 1.04 bits per heavy atom. The fourth-order valence-electron chi connectivity index (χ4n) is 2.14. The van der Waals surface area contributed by atoms with Gasteiger partial charge in [-0.05, 0) is 35.8 Å². The van der Waals surface area contributed by atoms with Crippen molar-refractivity contribution in [1.82, 2.24) is 9.36 Å². The number of hydrogen-bond donors (Lipinski definition) is 1. The number of sulfonamides is 1. The fourth-order valence-corrected chi connectivity index (χ4v) is 3.91. The van der Waals surface area contributed by atoms with Crippen LogP contribution in [0.4, 0.5) is 5.95 Å². The first-order valence-corrected chi connectivity index (χ1v) is 9.91. The van der Waals surface area contributed by atoms with Crippen molar-refractivity contribution in [2.45, 2.75) is 4.90 Å². The van der Waals surface area contributed by atoms with Gasteiger partial charge in [0.1, 0.15) is 5.01 Å². The molecule has 7 nitrogen and oxygen atoms in total. The first kappa shape index (κ1) is 18.4. The van der Waals surface area contributed by atoms with E-state index in [1.807, 2.05) is 0 Å². The monoisotopic (exact) mass is 411 g/mol. The Morgan fingerprint density at radius 2 is 1.73 bits per heavy atom. The van der Waals surface area contributed by atoms with Gasteiger partial charge in [0, 0.05) is 16.7 Å². The minimum Gasteiger partial charge on any atom is -0.493 e. The molecular formula is C16H14ClN3O4S2. The quantitative estimate of drug-likeness (QED) is 0.665. The molecule has 3 rings (SSSR count). The molecule has 0 saturated carbocycles. The summed E-state index contributed by atoms with van der Waals surface area (Å²) in [6.45, 7) is 0. The molecule has 1 aromatic heterocycles. The minimum atomic E-state index is -3.87. The number of halogens is 1. The van der Waals surface area contributed by atoms with Gasteiger partial charge in [-0.3, -0.25) is 0 Å². The number of nitrogens with one attached hydrogen (secondary N) is 1. The predicted octanol–water partition coefficient (Wildman–Crippen LogP) is 3.68. The van der Waals surface area contributed by atoms with E-state index >= 15 is 0 Å². The molecule has 0 atom stereocenters. The van der Waals surface area contributed by atoms with Crippen molar-refractivity contribution in [3.05, 3.63) is 47.5 Å². The van der Waals surface area contributed by atoms with Gasteiger partial charge in [0.05, 0.1) is 19.1 Å². The molecule has 0 bridgehead atoms. The number of methoxy groups -OCH3 is 2. The van der Waals surface area contributed by atoms with Gasteiger partial charge >= 0.3 is 0 Å². The second-order valence-corrected chi connectivity index (χ2v) is 7.92. The van der Waals surface area contributed by atoms with Crippen molar-refractivity contribution in [2.24, 2.45) is 0 Å². The van der Waals surface area contributed by atoms with E-state index in [0.29, 0.717) is 21.5 Å². The Bertz CT molecular complexity index is 1020. The largest absolute Gasteiger partial charge is 0.493 e. The van der Waals surface area contributed by atoms with Crippen LogP contribution in [0, 0.1) is 0 Å². The smallest absolute Gasteiger partial charge is 0.264 e. The Hall–Kier alpha value is -2.36. The maximum Gasteiger partial charge on any atom is 0.264 e. The number of benzene rings is 2. The molecule has 136 valence electrons. The molecule has 26 heavy (non-hydrogen) atoms. The van der Waals surface area contributed by atoms with Crippen LogP contribution >= 0.6 is 23.1 Å². The number of rotatable bonds is 6. The molecule has 0 radical (unpaired) electrons. The lowest BCUT2D eigenvalue weighted by Gasteiger charge is -2.10. The molecule has 0 fully saturated rings. The summed E-state index contributed by atoms with van der Waals surface area (Å²) < 4.78 is 41.8. The molecule has 0 saturated heterocycles. The van der Waals surface area contributed by atoms with Gasteiger partial charge in [-0.1, -0.05) is 23.7 Å². The van der Waals surface area contributed by atoms with Crippen molar-refractivity contribution in [3.8, 4) is 22.1 Å². The zero-order valence-electron chi connectivity index (χ0n) is 13.8. The molecule has 0 aliphatic heterocycles. The van der Waals surface area contributed by atoms with Crippen LogP contribution in [0.5, 0.6) is 11.5 Å². The summed E-state index contributed by atoms with van der Waals surface area (Å²) in [6, 6.07) is 11.3. The van der Waals surface area contributed by atoms with Crippen LogP contribution in [0.15, 0.2) is 47.4 Å². The van der Waals surface area contributed by atoms with E-state index in [1.165, 1.54) is 32.4 Å². The molecule has 10 heteroatoms. The van der Waals surface area contributed by atoms with Crippen LogP contribution in [0.3, 0.4) is 0 Å². The van der Waals surface area contributed by atoms with Crippen LogP contribution in [0.2, 0.25) is 5.02 Å². The number of nitrogens with zero attached hydrogens (tertiary/aromatic N) is 2. The fraction of sp³-hybridized carbons (Fsp3) is 0.125. The lowest BCUT2D eigenvalue weighted by molar-refractivity contribution is 0.354. The summed E-state index contributed by atoms with van der Waals surface area (Å²) in [5, 5.41) is 1.18. The zero-order valence-corrected chi connectivity index (χ0v) is 16.2. The van der Waals surface area contributed by atoms with Crippen LogP contribution < -0.4 is 14.2 Å². The highest BCUT2D eigenvalue weighted by molar-refractivity contribution is 7.92. The van der Waals surface area contributed by atoms with Crippen molar-refractivity contribution in [1.29, 1.82) is 0 Å². The van der Waals surface area contributed by atoms with Gasteiger partial charge in [0.2, 0.25) is 5.95 Å². The Kier molecular flexibility index (Phi) is 5.30. The first-order valence-electron chi connectivity index (χ1n) is 7.27. The van der Waals surface area contributed by atoms with Gasteiger partial charge in [0.15, 0.2) is 11.5 Å². The topological polar surface area (TPSA) is 90.4 Å². The summed E-state index contributed by atoms with van der Waals surface area (Å²) in [7, 11) is -0.965. The lowest BCUT2D eigenvalue weighted by Crippen LogP contribution is -2.14. The summed E-state index contributed by atoms with van der Waals surface area (Å²) in [5.74, 6) is 0.737. The van der Waals surface area contributed by atoms with Crippen LogP contribution in [0.25, 0.3) is 10.6 Å². The first-order chi connectivity index (χ1) is 12.4.